The highest BCUT2D eigenvalue weighted by Crippen LogP contribution is 2.32. The average Bonchev–Trinajstić information content (AvgIpc) is 3.28. The summed E-state index contributed by atoms with van der Waals surface area (Å²) in [6, 6.07) is 11.9. The second-order valence-electron chi connectivity index (χ2n) is 6.77. The molecule has 1 fully saturated rings. The molecule has 0 aliphatic carbocycles. The van der Waals surface area contributed by atoms with Crippen LogP contribution in [-0.4, -0.2) is 37.0 Å². The molecule has 0 spiro atoms. The van der Waals surface area contributed by atoms with Crippen LogP contribution < -0.4 is 15.4 Å². The summed E-state index contributed by atoms with van der Waals surface area (Å²) in [5.74, 6) is 0.209. The van der Waals surface area contributed by atoms with Gasteiger partial charge in [-0.15, -0.1) is 0 Å². The first-order valence-electron chi connectivity index (χ1n) is 9.22. The Labute approximate surface area is 157 Å². The molecule has 0 bridgehead atoms. The highest BCUT2D eigenvalue weighted by atomic mass is 19.1. The lowest BCUT2D eigenvalue weighted by atomic mass is 10.1. The number of halogens is 1. The molecule has 2 aromatic carbocycles. The quantitative estimate of drug-likeness (QED) is 0.765. The molecule has 6 heteroatoms. The molecule has 0 saturated carbocycles. The van der Waals surface area contributed by atoms with E-state index in [1.807, 2.05) is 24.3 Å². The van der Waals surface area contributed by atoms with Gasteiger partial charge in [0.2, 0.25) is 0 Å². The van der Waals surface area contributed by atoms with Gasteiger partial charge in [-0.1, -0.05) is 0 Å². The average molecular weight is 367 g/mol. The van der Waals surface area contributed by atoms with E-state index in [0.717, 1.165) is 18.0 Å². The predicted octanol–water partition coefficient (Wildman–Crippen LogP) is 3.71. The standard InChI is InChI=1S/C21H22FN3O2/c22-15-3-8-18-19(21(26)24-20(18)13-15)14-23-16-4-6-17(7-5-16)27-12-11-25-9-1-2-10-25/h3-8,13-14,23H,1-2,9-12H2,(H,24,26)/b19-14+. The van der Waals surface area contributed by atoms with Gasteiger partial charge in [0.25, 0.3) is 5.91 Å². The molecule has 5 nitrogen and oxygen atoms in total. The summed E-state index contributed by atoms with van der Waals surface area (Å²) in [7, 11) is 0. The van der Waals surface area contributed by atoms with E-state index in [1.54, 1.807) is 12.3 Å². The number of amides is 1. The van der Waals surface area contributed by atoms with Crippen molar-refractivity contribution in [2.45, 2.75) is 12.8 Å². The lowest BCUT2D eigenvalue weighted by Crippen LogP contribution is -2.25. The first-order valence-corrected chi connectivity index (χ1v) is 9.22. The number of nitrogens with one attached hydrogen (secondary N) is 2. The van der Waals surface area contributed by atoms with Crippen LogP contribution in [0.4, 0.5) is 15.8 Å². The fraction of sp³-hybridized carbons (Fsp3) is 0.286. The van der Waals surface area contributed by atoms with E-state index < -0.39 is 0 Å². The van der Waals surface area contributed by atoms with E-state index in [0.29, 0.717) is 23.4 Å². The number of ether oxygens (including phenoxy) is 1. The zero-order valence-corrected chi connectivity index (χ0v) is 15.0. The van der Waals surface area contributed by atoms with Gasteiger partial charge in [0.1, 0.15) is 18.2 Å². The van der Waals surface area contributed by atoms with Crippen molar-refractivity contribution >= 4 is 22.9 Å². The number of rotatable bonds is 6. The van der Waals surface area contributed by atoms with Crippen molar-refractivity contribution in [3.63, 3.8) is 0 Å². The smallest absolute Gasteiger partial charge is 0.257 e. The number of benzene rings is 2. The summed E-state index contributed by atoms with van der Waals surface area (Å²) in [6.45, 7) is 3.99. The van der Waals surface area contributed by atoms with Crippen molar-refractivity contribution in [1.82, 2.24) is 4.90 Å². The Morgan fingerprint density at radius 2 is 1.93 bits per heavy atom. The largest absolute Gasteiger partial charge is 0.492 e. The molecule has 2 heterocycles. The fourth-order valence-electron chi connectivity index (χ4n) is 3.41. The first-order chi connectivity index (χ1) is 13.2. The third-order valence-electron chi connectivity index (χ3n) is 4.88. The Morgan fingerprint density at radius 1 is 1.15 bits per heavy atom. The molecular formula is C21H22FN3O2. The van der Waals surface area contributed by atoms with Crippen molar-refractivity contribution in [3.05, 3.63) is 60.0 Å². The number of carbonyl (C=O) groups is 1. The summed E-state index contributed by atoms with van der Waals surface area (Å²) in [6.07, 6.45) is 4.21. The number of carbonyl (C=O) groups excluding carboxylic acids is 1. The van der Waals surface area contributed by atoms with Crippen molar-refractivity contribution in [2.24, 2.45) is 0 Å². The van der Waals surface area contributed by atoms with Gasteiger partial charge in [0, 0.05) is 24.0 Å². The molecule has 27 heavy (non-hydrogen) atoms. The van der Waals surface area contributed by atoms with Crippen LogP contribution in [0.5, 0.6) is 5.75 Å². The monoisotopic (exact) mass is 367 g/mol. The number of anilines is 2. The molecule has 0 aromatic heterocycles. The van der Waals surface area contributed by atoms with E-state index in [9.17, 15) is 9.18 Å². The van der Waals surface area contributed by atoms with Gasteiger partial charge in [-0.2, -0.15) is 0 Å². The Bertz CT molecular complexity index is 858. The summed E-state index contributed by atoms with van der Waals surface area (Å²) < 4.78 is 19.1. The third kappa shape index (κ3) is 4.11. The highest BCUT2D eigenvalue weighted by Gasteiger charge is 2.24. The van der Waals surface area contributed by atoms with Crippen LogP contribution in [0.25, 0.3) is 5.57 Å². The van der Waals surface area contributed by atoms with Crippen LogP contribution in [0.3, 0.4) is 0 Å². The molecule has 2 aliphatic heterocycles. The summed E-state index contributed by atoms with van der Waals surface area (Å²) in [5, 5.41) is 5.79. The van der Waals surface area contributed by atoms with Gasteiger partial charge in [0.05, 0.1) is 11.3 Å². The van der Waals surface area contributed by atoms with Crippen LogP contribution >= 0.6 is 0 Å². The minimum absolute atomic E-state index is 0.245. The number of nitrogens with zero attached hydrogens (tertiary/aromatic N) is 1. The van der Waals surface area contributed by atoms with Gasteiger partial charge >= 0.3 is 0 Å². The minimum Gasteiger partial charge on any atom is -0.492 e. The van der Waals surface area contributed by atoms with E-state index in [1.165, 1.54) is 38.1 Å². The van der Waals surface area contributed by atoms with Gasteiger partial charge in [-0.05, 0) is 68.4 Å². The van der Waals surface area contributed by atoms with Crippen LogP contribution in [0.2, 0.25) is 0 Å². The van der Waals surface area contributed by atoms with Crippen LogP contribution in [0.15, 0.2) is 48.7 Å². The normalized spacial score (nSPS) is 17.8. The third-order valence-corrected chi connectivity index (χ3v) is 4.88. The maximum atomic E-state index is 13.3. The number of hydrogen-bond donors (Lipinski definition) is 2. The van der Waals surface area contributed by atoms with Crippen LogP contribution in [0.1, 0.15) is 18.4 Å². The van der Waals surface area contributed by atoms with Crippen LogP contribution in [-0.2, 0) is 4.79 Å². The molecule has 0 unspecified atom stereocenters. The first kappa shape index (κ1) is 17.5. The highest BCUT2D eigenvalue weighted by molar-refractivity contribution is 6.31. The second-order valence-corrected chi connectivity index (χ2v) is 6.77. The molecule has 1 saturated heterocycles. The molecule has 0 atom stereocenters. The Kier molecular flexibility index (Phi) is 5.07. The Morgan fingerprint density at radius 3 is 2.70 bits per heavy atom. The van der Waals surface area contributed by atoms with Crippen molar-refractivity contribution in [3.8, 4) is 5.75 Å². The summed E-state index contributed by atoms with van der Waals surface area (Å²) >= 11 is 0. The second kappa shape index (κ2) is 7.80. The maximum Gasteiger partial charge on any atom is 0.257 e. The van der Waals surface area contributed by atoms with E-state index in [4.69, 9.17) is 4.74 Å². The lowest BCUT2D eigenvalue weighted by Gasteiger charge is -2.15. The van der Waals surface area contributed by atoms with Gasteiger partial charge in [-0.25, -0.2) is 4.39 Å². The lowest BCUT2D eigenvalue weighted by molar-refractivity contribution is -0.110. The number of fused-ring (bicyclic) bond motifs is 1. The molecular weight excluding hydrogens is 345 g/mol. The van der Waals surface area contributed by atoms with E-state index in [2.05, 4.69) is 15.5 Å². The van der Waals surface area contributed by atoms with Gasteiger partial charge < -0.3 is 15.4 Å². The minimum atomic E-state index is -0.372. The topological polar surface area (TPSA) is 53.6 Å². The van der Waals surface area contributed by atoms with Gasteiger partial charge in [-0.3, -0.25) is 9.69 Å². The molecule has 4 rings (SSSR count). The predicted molar refractivity (Wildman–Crippen MR) is 104 cm³/mol. The molecule has 2 aromatic rings. The van der Waals surface area contributed by atoms with Crippen molar-refractivity contribution in [1.29, 1.82) is 0 Å². The Balaban J connectivity index is 1.35. The maximum absolute atomic E-state index is 13.3. The fourth-order valence-corrected chi connectivity index (χ4v) is 3.41. The molecule has 2 N–H and O–H groups in total. The number of hydrogen-bond acceptors (Lipinski definition) is 4. The summed E-state index contributed by atoms with van der Waals surface area (Å²) in [5.41, 5.74) is 2.51. The number of likely N-dealkylation sites (tertiary alicyclic amines) is 1. The SMILES string of the molecule is O=C1Nc2cc(F)ccc2/C1=C\Nc1ccc(OCCN2CCCC2)cc1. The van der Waals surface area contributed by atoms with Crippen LogP contribution in [0, 0.1) is 5.82 Å². The van der Waals surface area contributed by atoms with Crippen molar-refractivity contribution < 1.29 is 13.9 Å². The van der Waals surface area contributed by atoms with E-state index >= 15 is 0 Å². The molecule has 140 valence electrons. The van der Waals surface area contributed by atoms with Gasteiger partial charge in [0.15, 0.2) is 0 Å². The summed E-state index contributed by atoms with van der Waals surface area (Å²) in [4.78, 5) is 14.5. The zero-order valence-electron chi connectivity index (χ0n) is 15.0. The molecule has 1 amide bonds. The Hall–Kier alpha value is -2.86. The van der Waals surface area contributed by atoms with Crippen molar-refractivity contribution in [2.75, 3.05) is 36.9 Å². The van der Waals surface area contributed by atoms with E-state index in [-0.39, 0.29) is 11.7 Å². The molecule has 2 aliphatic rings. The molecule has 0 radical (unpaired) electrons. The zero-order chi connectivity index (χ0) is 18.6.